The fraction of sp³-hybridized carbons (Fsp3) is 0.435. The Hall–Kier alpha value is -3.57. The molecule has 1 saturated carbocycles. The van der Waals surface area contributed by atoms with E-state index in [2.05, 4.69) is 32.3 Å². The lowest BCUT2D eigenvalue weighted by Crippen LogP contribution is -2.63. The van der Waals surface area contributed by atoms with Crippen LogP contribution >= 0.6 is 0 Å². The number of hydrogen-bond donors (Lipinski definition) is 1. The highest BCUT2D eigenvalue weighted by atomic mass is 19.4. The van der Waals surface area contributed by atoms with Crippen LogP contribution in [0.3, 0.4) is 0 Å². The average molecular weight is 490 g/mol. The number of nitrogens with one attached hydrogen (secondary N) is 1. The normalized spacial score (nSPS) is 24.0. The first-order chi connectivity index (χ1) is 16.6. The second-order valence-electron chi connectivity index (χ2n) is 9.16. The van der Waals surface area contributed by atoms with Crippen LogP contribution in [0.25, 0.3) is 11.4 Å². The van der Waals surface area contributed by atoms with Gasteiger partial charge in [-0.1, -0.05) is 12.1 Å². The number of aromatic nitrogens is 4. The van der Waals surface area contributed by atoms with Crippen LogP contribution in [-0.4, -0.2) is 43.6 Å². The van der Waals surface area contributed by atoms with Crippen molar-refractivity contribution in [3.05, 3.63) is 53.7 Å². The lowest BCUT2D eigenvalue weighted by molar-refractivity contribution is -0.137. The Morgan fingerprint density at radius 2 is 1.94 bits per heavy atom. The summed E-state index contributed by atoms with van der Waals surface area (Å²) in [6.45, 7) is 4.34. The van der Waals surface area contributed by atoms with E-state index in [-0.39, 0.29) is 35.0 Å². The van der Waals surface area contributed by atoms with Gasteiger partial charge in [0.15, 0.2) is 17.5 Å². The van der Waals surface area contributed by atoms with E-state index in [0.29, 0.717) is 24.2 Å². The smallest absolute Gasteiger partial charge is 0.339 e. The number of fused-ring (bicyclic) bond motifs is 1. The van der Waals surface area contributed by atoms with Gasteiger partial charge in [-0.15, -0.1) is 0 Å². The van der Waals surface area contributed by atoms with Crippen molar-refractivity contribution < 1.29 is 26.9 Å². The van der Waals surface area contributed by atoms with Crippen LogP contribution in [0.2, 0.25) is 0 Å². The summed E-state index contributed by atoms with van der Waals surface area (Å²) in [5.74, 6) is 0.641. The number of hydrogen-bond acceptors (Lipinski definition) is 6. The van der Waals surface area contributed by atoms with Crippen LogP contribution in [0.1, 0.15) is 43.0 Å². The summed E-state index contributed by atoms with van der Waals surface area (Å²) < 4.78 is 59.3. The second-order valence-corrected chi connectivity index (χ2v) is 9.16. The Bertz CT molecular complexity index is 1250. The predicted octanol–water partition coefficient (Wildman–Crippen LogP) is 5.04. The van der Waals surface area contributed by atoms with E-state index < -0.39 is 23.6 Å². The van der Waals surface area contributed by atoms with Crippen LogP contribution in [0, 0.1) is 24.6 Å². The maximum absolute atomic E-state index is 13.6. The standard InChI is InChI=1S/C23H22F4N6O2/c1-11-5-15(21-30-12(2)32-35-21)17-10-33(19(17)6-11)22(34)31-14-3-4-18(23(25,26)27)16(7-14)20-28-8-13(24)9-29-20/h3-4,7-9,11,15,17,19H,5-6,10H2,1-2H3,(H,31,34)/t11-,15-,17?,19-/m1/s1. The molecule has 2 aromatic heterocycles. The first kappa shape index (κ1) is 23.2. The molecule has 1 saturated heterocycles. The molecule has 1 aliphatic heterocycles. The molecule has 3 aromatic rings. The van der Waals surface area contributed by atoms with Gasteiger partial charge in [0.25, 0.3) is 0 Å². The number of carbonyl (C=O) groups excluding carboxylic acids is 1. The van der Waals surface area contributed by atoms with Gasteiger partial charge in [-0.3, -0.25) is 0 Å². The molecule has 2 fully saturated rings. The fourth-order valence-corrected chi connectivity index (χ4v) is 5.07. The third-order valence-electron chi connectivity index (χ3n) is 6.68. The van der Waals surface area contributed by atoms with Crippen molar-refractivity contribution in [3.8, 4) is 11.4 Å². The molecule has 1 aromatic carbocycles. The molecule has 3 heterocycles. The minimum atomic E-state index is -4.68. The van der Waals surface area contributed by atoms with E-state index in [9.17, 15) is 22.4 Å². The van der Waals surface area contributed by atoms with Gasteiger partial charge in [0, 0.05) is 35.7 Å². The molecule has 1 aliphatic carbocycles. The average Bonchev–Trinajstić information content (AvgIpc) is 3.21. The molecule has 2 aliphatic rings. The Balaban J connectivity index is 1.36. The molecule has 35 heavy (non-hydrogen) atoms. The van der Waals surface area contributed by atoms with E-state index in [4.69, 9.17) is 4.52 Å². The van der Waals surface area contributed by atoms with Gasteiger partial charge in [0.05, 0.1) is 18.0 Å². The van der Waals surface area contributed by atoms with Crippen LogP contribution in [0.5, 0.6) is 0 Å². The van der Waals surface area contributed by atoms with Crippen molar-refractivity contribution in [1.82, 2.24) is 25.0 Å². The van der Waals surface area contributed by atoms with Gasteiger partial charge >= 0.3 is 12.2 Å². The SMILES string of the molecule is Cc1noc([C@@H]2C[C@@H](C)C[C@@H]3C2CN3C(=O)Nc2ccc(C(F)(F)F)c(-c3ncc(F)cn3)c2)n1. The zero-order valence-corrected chi connectivity index (χ0v) is 18.9. The summed E-state index contributed by atoms with van der Waals surface area (Å²) in [5.41, 5.74) is -1.18. The Morgan fingerprint density at radius 3 is 2.60 bits per heavy atom. The summed E-state index contributed by atoms with van der Waals surface area (Å²) in [6.07, 6.45) is -1.40. The molecule has 0 radical (unpaired) electrons. The number of carbonyl (C=O) groups is 1. The number of rotatable bonds is 3. The fourth-order valence-electron chi connectivity index (χ4n) is 5.07. The van der Waals surface area contributed by atoms with Gasteiger partial charge in [-0.2, -0.15) is 18.2 Å². The number of halogens is 4. The number of nitrogens with zero attached hydrogens (tertiary/aromatic N) is 5. The molecule has 8 nitrogen and oxygen atoms in total. The Morgan fingerprint density at radius 1 is 1.20 bits per heavy atom. The minimum Gasteiger partial charge on any atom is -0.339 e. The van der Waals surface area contributed by atoms with E-state index in [1.54, 1.807) is 11.8 Å². The van der Waals surface area contributed by atoms with Gasteiger partial charge in [0.1, 0.15) is 0 Å². The first-order valence-electron chi connectivity index (χ1n) is 11.2. The Labute approximate surface area is 197 Å². The van der Waals surface area contributed by atoms with E-state index in [1.807, 2.05) is 0 Å². The second kappa shape index (κ2) is 8.58. The van der Waals surface area contributed by atoms with Crippen molar-refractivity contribution >= 4 is 11.7 Å². The van der Waals surface area contributed by atoms with Crippen LogP contribution < -0.4 is 5.32 Å². The van der Waals surface area contributed by atoms with Gasteiger partial charge in [0.2, 0.25) is 5.89 Å². The highest BCUT2D eigenvalue weighted by Gasteiger charge is 2.51. The van der Waals surface area contributed by atoms with Gasteiger partial charge in [-0.25, -0.2) is 19.2 Å². The van der Waals surface area contributed by atoms with Crippen molar-refractivity contribution in [2.45, 2.75) is 44.8 Å². The number of alkyl halides is 3. The summed E-state index contributed by atoms with van der Waals surface area (Å²) in [6, 6.07) is 2.74. The van der Waals surface area contributed by atoms with E-state index in [0.717, 1.165) is 37.4 Å². The summed E-state index contributed by atoms with van der Waals surface area (Å²) in [5, 5.41) is 6.57. The number of urea groups is 1. The molecular weight excluding hydrogens is 468 g/mol. The van der Waals surface area contributed by atoms with Crippen molar-refractivity contribution in [1.29, 1.82) is 0 Å². The number of aryl methyl sites for hydroxylation is 1. The molecule has 2 amide bonds. The number of likely N-dealkylation sites (tertiary alicyclic amines) is 1. The largest absolute Gasteiger partial charge is 0.417 e. The zero-order chi connectivity index (χ0) is 24.9. The van der Waals surface area contributed by atoms with E-state index in [1.165, 1.54) is 6.07 Å². The third-order valence-corrected chi connectivity index (χ3v) is 6.68. The zero-order valence-electron chi connectivity index (χ0n) is 18.9. The molecule has 1 unspecified atom stereocenters. The van der Waals surface area contributed by atoms with Crippen LogP contribution in [0.15, 0.2) is 35.1 Å². The maximum Gasteiger partial charge on any atom is 0.417 e. The van der Waals surface area contributed by atoms with Crippen molar-refractivity contribution in [2.75, 3.05) is 11.9 Å². The molecule has 12 heteroatoms. The number of benzene rings is 1. The molecule has 0 spiro atoms. The molecule has 184 valence electrons. The lowest BCUT2D eigenvalue weighted by Gasteiger charge is -2.54. The molecule has 4 atom stereocenters. The van der Waals surface area contributed by atoms with Gasteiger partial charge in [-0.05, 0) is 43.9 Å². The first-order valence-corrected chi connectivity index (χ1v) is 11.2. The lowest BCUT2D eigenvalue weighted by atomic mass is 9.66. The predicted molar refractivity (Wildman–Crippen MR) is 116 cm³/mol. The third kappa shape index (κ3) is 4.44. The molecular formula is C23H22F4N6O2. The quantitative estimate of drug-likeness (QED) is 0.517. The monoisotopic (exact) mass is 490 g/mol. The van der Waals surface area contributed by atoms with Gasteiger partial charge < -0.3 is 14.7 Å². The van der Waals surface area contributed by atoms with Crippen LogP contribution in [-0.2, 0) is 6.18 Å². The molecule has 1 N–H and O–H groups in total. The summed E-state index contributed by atoms with van der Waals surface area (Å²) in [7, 11) is 0. The summed E-state index contributed by atoms with van der Waals surface area (Å²) in [4.78, 5) is 26.4. The Kier molecular flexibility index (Phi) is 5.68. The van der Waals surface area contributed by atoms with Crippen molar-refractivity contribution in [2.24, 2.45) is 11.8 Å². The summed E-state index contributed by atoms with van der Waals surface area (Å²) >= 11 is 0. The number of anilines is 1. The van der Waals surface area contributed by atoms with E-state index >= 15 is 0 Å². The molecule has 0 bridgehead atoms. The molecule has 5 rings (SSSR count). The topological polar surface area (TPSA) is 97.0 Å². The van der Waals surface area contributed by atoms with Crippen LogP contribution in [0.4, 0.5) is 28.0 Å². The minimum absolute atomic E-state index is 0.0368. The highest BCUT2D eigenvalue weighted by molar-refractivity contribution is 5.91. The van der Waals surface area contributed by atoms with Crippen molar-refractivity contribution in [3.63, 3.8) is 0 Å². The maximum atomic E-state index is 13.6. The number of amides is 2. The highest BCUT2D eigenvalue weighted by Crippen LogP contribution is 2.48.